The largest absolute Gasteiger partial charge is 0.478 e. The van der Waals surface area contributed by atoms with Gasteiger partial charge in [0.25, 0.3) is 5.91 Å². The summed E-state index contributed by atoms with van der Waals surface area (Å²) in [6, 6.07) is 4.04. The van der Waals surface area contributed by atoms with E-state index < -0.39 is 0 Å². The zero-order valence-electron chi connectivity index (χ0n) is 9.50. The number of carbonyl (C=O) groups excluding carboxylic acids is 1. The van der Waals surface area contributed by atoms with E-state index in [2.05, 4.69) is 6.07 Å². The van der Waals surface area contributed by atoms with Crippen LogP contribution in [0.1, 0.15) is 18.1 Å². The van der Waals surface area contributed by atoms with Gasteiger partial charge < -0.3 is 9.64 Å². The van der Waals surface area contributed by atoms with E-state index in [1.807, 2.05) is 19.9 Å². The fourth-order valence-corrected chi connectivity index (χ4v) is 1.95. The van der Waals surface area contributed by atoms with Gasteiger partial charge in [0, 0.05) is 7.05 Å². The van der Waals surface area contributed by atoms with E-state index in [0.717, 1.165) is 22.6 Å². The molecule has 0 saturated heterocycles. The smallest absolute Gasteiger partial charge is 0.267 e. The first-order valence-electron chi connectivity index (χ1n) is 5.06. The standard InChI is InChI=1S/C12H15NO2/c1-7-5-8(2)11-10(6-7)13(4)12(14)9(3)15-11/h5-6,9H,1-4H3. The van der Waals surface area contributed by atoms with E-state index in [4.69, 9.17) is 4.74 Å². The van der Waals surface area contributed by atoms with Crippen molar-refractivity contribution in [3.63, 3.8) is 0 Å². The lowest BCUT2D eigenvalue weighted by Gasteiger charge is -2.31. The molecule has 1 aliphatic rings. The van der Waals surface area contributed by atoms with Gasteiger partial charge in [-0.15, -0.1) is 0 Å². The number of anilines is 1. The van der Waals surface area contributed by atoms with Gasteiger partial charge in [0.1, 0.15) is 5.75 Å². The van der Waals surface area contributed by atoms with Crippen molar-refractivity contribution in [1.82, 2.24) is 0 Å². The summed E-state index contributed by atoms with van der Waals surface area (Å²) < 4.78 is 5.61. The summed E-state index contributed by atoms with van der Waals surface area (Å²) in [5.74, 6) is 0.836. The number of ether oxygens (including phenoxy) is 1. The van der Waals surface area contributed by atoms with Crippen LogP contribution in [0.3, 0.4) is 0 Å². The maximum atomic E-state index is 11.7. The summed E-state index contributed by atoms with van der Waals surface area (Å²) in [7, 11) is 1.79. The number of amides is 1. The molecule has 15 heavy (non-hydrogen) atoms. The fourth-order valence-electron chi connectivity index (χ4n) is 1.95. The molecule has 1 aliphatic heterocycles. The van der Waals surface area contributed by atoms with Gasteiger partial charge in [-0.1, -0.05) is 6.07 Å². The van der Waals surface area contributed by atoms with Crippen molar-refractivity contribution >= 4 is 11.6 Å². The number of hydrogen-bond acceptors (Lipinski definition) is 2. The van der Waals surface area contributed by atoms with Crippen molar-refractivity contribution in [3.05, 3.63) is 23.3 Å². The predicted octanol–water partition coefficient (Wildman–Crippen LogP) is 2.05. The van der Waals surface area contributed by atoms with E-state index in [1.54, 1.807) is 18.9 Å². The molecule has 0 N–H and O–H groups in total. The van der Waals surface area contributed by atoms with Crippen LogP contribution in [0, 0.1) is 13.8 Å². The Morgan fingerprint density at radius 2 is 2.00 bits per heavy atom. The Morgan fingerprint density at radius 3 is 2.67 bits per heavy atom. The topological polar surface area (TPSA) is 29.5 Å². The lowest BCUT2D eigenvalue weighted by Crippen LogP contribution is -2.42. The molecule has 1 amide bonds. The quantitative estimate of drug-likeness (QED) is 0.648. The third kappa shape index (κ3) is 1.48. The van der Waals surface area contributed by atoms with Crippen molar-refractivity contribution in [1.29, 1.82) is 0 Å². The highest BCUT2D eigenvalue weighted by atomic mass is 16.5. The van der Waals surface area contributed by atoms with Crippen LogP contribution in [-0.2, 0) is 4.79 Å². The van der Waals surface area contributed by atoms with Crippen molar-refractivity contribution in [3.8, 4) is 5.75 Å². The molecule has 1 unspecified atom stereocenters. The molecule has 0 saturated carbocycles. The van der Waals surface area contributed by atoms with E-state index in [1.165, 1.54) is 0 Å². The number of fused-ring (bicyclic) bond motifs is 1. The SMILES string of the molecule is Cc1cc(C)c2c(c1)N(C)C(=O)C(C)O2. The summed E-state index contributed by atoms with van der Waals surface area (Å²) >= 11 is 0. The molecule has 0 radical (unpaired) electrons. The molecule has 1 heterocycles. The van der Waals surface area contributed by atoms with Crippen LogP contribution in [0.4, 0.5) is 5.69 Å². The highest BCUT2D eigenvalue weighted by molar-refractivity contribution is 5.99. The number of likely N-dealkylation sites (N-methyl/N-ethyl adjacent to an activating group) is 1. The minimum Gasteiger partial charge on any atom is -0.478 e. The molecule has 2 rings (SSSR count). The lowest BCUT2D eigenvalue weighted by atomic mass is 10.1. The van der Waals surface area contributed by atoms with Gasteiger partial charge in [-0.05, 0) is 38.0 Å². The van der Waals surface area contributed by atoms with Gasteiger partial charge in [-0.2, -0.15) is 0 Å². The molecule has 0 spiro atoms. The van der Waals surface area contributed by atoms with Crippen LogP contribution in [0.2, 0.25) is 0 Å². The van der Waals surface area contributed by atoms with E-state index >= 15 is 0 Å². The van der Waals surface area contributed by atoms with Crippen LogP contribution in [0.25, 0.3) is 0 Å². The Hall–Kier alpha value is -1.51. The molecular formula is C12H15NO2. The number of nitrogens with zero attached hydrogens (tertiary/aromatic N) is 1. The number of hydrogen-bond donors (Lipinski definition) is 0. The van der Waals surface area contributed by atoms with Gasteiger partial charge in [0.15, 0.2) is 6.10 Å². The molecule has 1 atom stereocenters. The zero-order valence-corrected chi connectivity index (χ0v) is 9.50. The Balaban J connectivity index is 2.60. The second-order valence-corrected chi connectivity index (χ2v) is 4.09. The van der Waals surface area contributed by atoms with Crippen molar-refractivity contribution < 1.29 is 9.53 Å². The minimum atomic E-state index is -0.385. The van der Waals surface area contributed by atoms with Gasteiger partial charge in [-0.25, -0.2) is 0 Å². The van der Waals surface area contributed by atoms with E-state index in [-0.39, 0.29) is 12.0 Å². The average molecular weight is 205 g/mol. The van der Waals surface area contributed by atoms with Crippen LogP contribution in [-0.4, -0.2) is 19.1 Å². The van der Waals surface area contributed by atoms with Crippen molar-refractivity contribution in [2.24, 2.45) is 0 Å². The summed E-state index contributed by atoms with van der Waals surface area (Å²) in [4.78, 5) is 13.4. The normalized spacial score (nSPS) is 19.9. The van der Waals surface area contributed by atoms with Crippen LogP contribution in [0.5, 0.6) is 5.75 Å². The molecule has 80 valence electrons. The van der Waals surface area contributed by atoms with Gasteiger partial charge in [0.05, 0.1) is 5.69 Å². The van der Waals surface area contributed by atoms with Gasteiger partial charge in [-0.3, -0.25) is 4.79 Å². The van der Waals surface area contributed by atoms with Crippen LogP contribution >= 0.6 is 0 Å². The van der Waals surface area contributed by atoms with Crippen LogP contribution in [0.15, 0.2) is 12.1 Å². The third-order valence-corrected chi connectivity index (χ3v) is 2.73. The molecule has 3 heteroatoms. The Kier molecular flexibility index (Phi) is 2.18. The molecule has 0 bridgehead atoms. The number of rotatable bonds is 0. The Labute approximate surface area is 89.7 Å². The predicted molar refractivity (Wildman–Crippen MR) is 59.4 cm³/mol. The van der Waals surface area contributed by atoms with Gasteiger partial charge in [0.2, 0.25) is 0 Å². The second kappa shape index (κ2) is 3.26. The Bertz CT molecular complexity index is 426. The number of aryl methyl sites for hydroxylation is 2. The Morgan fingerprint density at radius 1 is 1.33 bits per heavy atom. The summed E-state index contributed by atoms with van der Waals surface area (Å²) in [6.45, 7) is 5.80. The summed E-state index contributed by atoms with van der Waals surface area (Å²) in [5, 5.41) is 0. The van der Waals surface area contributed by atoms with E-state index in [0.29, 0.717) is 0 Å². The lowest BCUT2D eigenvalue weighted by molar-refractivity contribution is -0.125. The number of benzene rings is 1. The minimum absolute atomic E-state index is 0.00694. The van der Waals surface area contributed by atoms with Gasteiger partial charge >= 0.3 is 0 Å². The molecule has 3 nitrogen and oxygen atoms in total. The molecule has 0 aliphatic carbocycles. The molecule has 1 aromatic carbocycles. The maximum Gasteiger partial charge on any atom is 0.267 e. The molecule has 0 fully saturated rings. The fraction of sp³-hybridized carbons (Fsp3) is 0.417. The van der Waals surface area contributed by atoms with E-state index in [9.17, 15) is 4.79 Å². The first-order valence-corrected chi connectivity index (χ1v) is 5.06. The summed E-state index contributed by atoms with van der Waals surface area (Å²) in [5.41, 5.74) is 3.09. The first kappa shape index (κ1) is 10.0. The monoisotopic (exact) mass is 205 g/mol. The zero-order chi connectivity index (χ0) is 11.2. The molecule has 0 aromatic heterocycles. The maximum absolute atomic E-state index is 11.7. The number of carbonyl (C=O) groups is 1. The average Bonchev–Trinajstić information content (AvgIpc) is 2.17. The molecule has 1 aromatic rings. The second-order valence-electron chi connectivity index (χ2n) is 4.09. The highest BCUT2D eigenvalue weighted by Crippen LogP contribution is 2.36. The third-order valence-electron chi connectivity index (χ3n) is 2.73. The van der Waals surface area contributed by atoms with Crippen LogP contribution < -0.4 is 9.64 Å². The first-order chi connectivity index (χ1) is 7.00. The van der Waals surface area contributed by atoms with Crippen molar-refractivity contribution in [2.75, 3.05) is 11.9 Å². The summed E-state index contributed by atoms with van der Waals surface area (Å²) in [6.07, 6.45) is -0.385. The van der Waals surface area contributed by atoms with Crippen molar-refractivity contribution in [2.45, 2.75) is 26.9 Å². The molecular weight excluding hydrogens is 190 g/mol. The highest BCUT2D eigenvalue weighted by Gasteiger charge is 2.29.